The summed E-state index contributed by atoms with van der Waals surface area (Å²) in [5.41, 5.74) is 0.352. The molecule has 0 aliphatic carbocycles. The van der Waals surface area contributed by atoms with Crippen molar-refractivity contribution in [1.29, 1.82) is 0 Å². The van der Waals surface area contributed by atoms with E-state index in [1.807, 2.05) is 0 Å². The summed E-state index contributed by atoms with van der Waals surface area (Å²) in [5.74, 6) is -2.19. The number of hydrogen-bond acceptors (Lipinski definition) is 7. The Labute approximate surface area is 168 Å². The first kappa shape index (κ1) is 21.1. The fraction of sp³-hybridized carbons (Fsp3) is 0.571. The summed E-state index contributed by atoms with van der Waals surface area (Å²) in [5, 5.41) is 3.64. The van der Waals surface area contributed by atoms with Gasteiger partial charge in [0, 0.05) is 19.4 Å². The van der Waals surface area contributed by atoms with Crippen molar-refractivity contribution < 1.29 is 28.7 Å². The van der Waals surface area contributed by atoms with E-state index in [2.05, 4.69) is 5.32 Å². The van der Waals surface area contributed by atoms with Crippen LogP contribution in [0.4, 0.5) is 0 Å². The molecule has 3 atom stereocenters. The molecule has 1 fully saturated rings. The van der Waals surface area contributed by atoms with Gasteiger partial charge < -0.3 is 19.7 Å². The third kappa shape index (κ3) is 4.97. The van der Waals surface area contributed by atoms with Crippen LogP contribution in [0.15, 0.2) is 11.0 Å². The second kappa shape index (κ2) is 8.24. The summed E-state index contributed by atoms with van der Waals surface area (Å²) in [7, 11) is 0. The Morgan fingerprint density at radius 3 is 2.46 bits per heavy atom. The van der Waals surface area contributed by atoms with Gasteiger partial charge in [-0.3, -0.25) is 14.4 Å². The third-order valence-electron chi connectivity index (χ3n) is 3.47. The topological polar surface area (TPSA) is 102 Å². The number of esters is 2. The van der Waals surface area contributed by atoms with Crippen molar-refractivity contribution in [2.75, 3.05) is 13.2 Å². The number of nitrogens with zero attached hydrogens (tertiary/aromatic N) is 1. The SMILES string of the molecule is CC(=O)NC1C(=O)N2C(C(=O)OCC(Cl)(Cl)Cl)C(COC(C)=O)=CS[C@@H]12. The van der Waals surface area contributed by atoms with Crippen molar-refractivity contribution in [2.24, 2.45) is 0 Å². The number of rotatable bonds is 5. The minimum atomic E-state index is -1.81. The summed E-state index contributed by atoms with van der Waals surface area (Å²) in [6, 6.07) is -1.89. The molecule has 144 valence electrons. The van der Waals surface area contributed by atoms with Crippen LogP contribution in [0.3, 0.4) is 0 Å². The maximum Gasteiger partial charge on any atom is 0.333 e. The zero-order valence-electron chi connectivity index (χ0n) is 13.7. The predicted octanol–water partition coefficient (Wildman–Crippen LogP) is 1.14. The van der Waals surface area contributed by atoms with Gasteiger partial charge in [-0.25, -0.2) is 4.79 Å². The third-order valence-corrected chi connectivity index (χ3v) is 5.01. The van der Waals surface area contributed by atoms with E-state index >= 15 is 0 Å². The van der Waals surface area contributed by atoms with Gasteiger partial charge in [-0.2, -0.15) is 0 Å². The van der Waals surface area contributed by atoms with E-state index in [9.17, 15) is 19.2 Å². The molecule has 0 saturated carbocycles. The van der Waals surface area contributed by atoms with E-state index in [0.717, 1.165) is 0 Å². The second-order valence-corrected chi connectivity index (χ2v) is 9.06. The van der Waals surface area contributed by atoms with Crippen LogP contribution in [-0.2, 0) is 28.7 Å². The van der Waals surface area contributed by atoms with E-state index in [1.165, 1.54) is 30.5 Å². The molecule has 1 N–H and O–H groups in total. The Balaban J connectivity index is 2.20. The van der Waals surface area contributed by atoms with Gasteiger partial charge in [0.2, 0.25) is 15.6 Å². The highest BCUT2D eigenvalue weighted by Gasteiger charge is 2.56. The number of β-lactam (4-membered cyclic amide) rings is 1. The highest BCUT2D eigenvalue weighted by molar-refractivity contribution is 8.02. The minimum Gasteiger partial charge on any atom is -0.461 e. The van der Waals surface area contributed by atoms with Gasteiger partial charge in [0.25, 0.3) is 0 Å². The second-order valence-electron chi connectivity index (χ2n) is 5.55. The highest BCUT2D eigenvalue weighted by Crippen LogP contribution is 2.40. The maximum absolute atomic E-state index is 12.5. The molecular weight excluding hydrogens is 431 g/mol. The molecule has 2 amide bonds. The van der Waals surface area contributed by atoms with Crippen LogP contribution < -0.4 is 5.32 Å². The first-order valence-corrected chi connectivity index (χ1v) is 9.39. The average Bonchev–Trinajstić information content (AvgIpc) is 2.53. The lowest BCUT2D eigenvalue weighted by molar-refractivity contribution is -0.163. The normalized spacial score (nSPS) is 24.8. The number of thioether (sulfide) groups is 1. The van der Waals surface area contributed by atoms with Crippen LogP contribution in [-0.4, -0.2) is 63.1 Å². The molecular formula is C14H15Cl3N2O6S. The summed E-state index contributed by atoms with van der Waals surface area (Å²) in [6.07, 6.45) is 0. The van der Waals surface area contributed by atoms with E-state index in [0.29, 0.717) is 5.57 Å². The number of ether oxygens (including phenoxy) is 2. The molecule has 0 spiro atoms. The molecule has 2 aliphatic heterocycles. The van der Waals surface area contributed by atoms with E-state index in [4.69, 9.17) is 44.3 Å². The lowest BCUT2D eigenvalue weighted by Crippen LogP contribution is -2.74. The summed E-state index contributed by atoms with van der Waals surface area (Å²) < 4.78 is 8.11. The van der Waals surface area contributed by atoms with E-state index < -0.39 is 45.7 Å². The van der Waals surface area contributed by atoms with Crippen LogP contribution >= 0.6 is 46.6 Å². The molecule has 2 unspecified atom stereocenters. The summed E-state index contributed by atoms with van der Waals surface area (Å²) >= 11 is 18.0. The fourth-order valence-corrected chi connectivity index (χ4v) is 3.82. The zero-order chi connectivity index (χ0) is 19.6. The van der Waals surface area contributed by atoms with Gasteiger partial charge in [-0.05, 0) is 5.41 Å². The van der Waals surface area contributed by atoms with Crippen molar-refractivity contribution in [2.45, 2.75) is 35.1 Å². The highest BCUT2D eigenvalue weighted by atomic mass is 35.6. The monoisotopic (exact) mass is 444 g/mol. The minimum absolute atomic E-state index is 0.197. The van der Waals surface area contributed by atoms with E-state index in [1.54, 1.807) is 5.41 Å². The van der Waals surface area contributed by atoms with Crippen LogP contribution in [0.5, 0.6) is 0 Å². The number of amides is 2. The number of alkyl halides is 3. The molecule has 1 saturated heterocycles. The molecule has 0 aromatic carbocycles. The first-order chi connectivity index (χ1) is 12.0. The zero-order valence-corrected chi connectivity index (χ0v) is 16.7. The maximum atomic E-state index is 12.5. The van der Waals surface area contributed by atoms with Gasteiger partial charge in [-0.1, -0.05) is 34.8 Å². The van der Waals surface area contributed by atoms with Gasteiger partial charge in [-0.15, -0.1) is 11.8 Å². The van der Waals surface area contributed by atoms with Gasteiger partial charge in [0.05, 0.1) is 0 Å². The first-order valence-electron chi connectivity index (χ1n) is 7.31. The lowest BCUT2D eigenvalue weighted by Gasteiger charge is -2.51. The smallest absolute Gasteiger partial charge is 0.333 e. The largest absolute Gasteiger partial charge is 0.461 e. The quantitative estimate of drug-likeness (QED) is 0.384. The van der Waals surface area contributed by atoms with Gasteiger partial charge >= 0.3 is 11.9 Å². The van der Waals surface area contributed by atoms with Crippen molar-refractivity contribution in [3.8, 4) is 0 Å². The van der Waals surface area contributed by atoms with Crippen molar-refractivity contribution >= 4 is 70.3 Å². The Hall–Kier alpha value is -1.16. The number of hydrogen-bond donors (Lipinski definition) is 1. The van der Waals surface area contributed by atoms with Crippen molar-refractivity contribution in [3.05, 3.63) is 11.0 Å². The molecule has 2 heterocycles. The predicted molar refractivity (Wildman–Crippen MR) is 95.6 cm³/mol. The number of fused-ring (bicyclic) bond motifs is 1. The standard InChI is InChI=1S/C14H15Cl3N2O6S/c1-6(20)18-9-11(22)19-10(13(23)25-5-14(15,16)17)8(3-24-7(2)21)4-26-12(9)19/h4,9-10,12H,3,5H2,1-2H3,(H,18,20)/t9?,10?,12-/m0/s1. The lowest BCUT2D eigenvalue weighted by atomic mass is 9.98. The molecule has 2 rings (SSSR count). The van der Waals surface area contributed by atoms with Crippen LogP contribution in [0.25, 0.3) is 0 Å². The molecule has 8 nitrogen and oxygen atoms in total. The molecule has 26 heavy (non-hydrogen) atoms. The Kier molecular flexibility index (Phi) is 6.70. The molecule has 0 aromatic heterocycles. The van der Waals surface area contributed by atoms with E-state index in [-0.39, 0.29) is 12.5 Å². The number of halogens is 3. The number of carbonyl (C=O) groups excluding carboxylic acids is 4. The molecule has 12 heteroatoms. The summed E-state index contributed by atoms with van der Waals surface area (Å²) in [6.45, 7) is 1.80. The Morgan fingerprint density at radius 1 is 1.27 bits per heavy atom. The Bertz CT molecular complexity index is 666. The number of nitrogens with one attached hydrogen (secondary N) is 1. The Morgan fingerprint density at radius 2 is 1.92 bits per heavy atom. The average molecular weight is 446 g/mol. The molecule has 0 aromatic rings. The van der Waals surface area contributed by atoms with Crippen LogP contribution in [0.1, 0.15) is 13.8 Å². The van der Waals surface area contributed by atoms with Crippen molar-refractivity contribution in [3.63, 3.8) is 0 Å². The molecule has 0 bridgehead atoms. The van der Waals surface area contributed by atoms with Crippen LogP contribution in [0.2, 0.25) is 0 Å². The van der Waals surface area contributed by atoms with Gasteiger partial charge in [0.15, 0.2) is 6.04 Å². The van der Waals surface area contributed by atoms with Gasteiger partial charge in [0.1, 0.15) is 24.6 Å². The fourth-order valence-electron chi connectivity index (χ4n) is 2.45. The van der Waals surface area contributed by atoms with Crippen molar-refractivity contribution in [1.82, 2.24) is 10.2 Å². The molecule has 2 aliphatic rings. The number of carbonyl (C=O) groups is 4. The van der Waals surface area contributed by atoms with Crippen LogP contribution in [0, 0.1) is 0 Å². The summed E-state index contributed by atoms with van der Waals surface area (Å²) in [4.78, 5) is 48.5. The molecule has 0 radical (unpaired) electrons.